The first kappa shape index (κ1) is 16.4. The third kappa shape index (κ3) is 4.51. The minimum atomic E-state index is -0.0980. The van der Waals surface area contributed by atoms with E-state index in [0.29, 0.717) is 11.8 Å². The smallest absolute Gasteiger partial charge is 0.229 e. The number of anilines is 5. The van der Waals surface area contributed by atoms with Gasteiger partial charge < -0.3 is 16.0 Å². The summed E-state index contributed by atoms with van der Waals surface area (Å²) in [5.41, 5.74) is 3.40. The van der Waals surface area contributed by atoms with Crippen LogP contribution in [0.4, 0.5) is 28.8 Å². The Labute approximate surface area is 145 Å². The van der Waals surface area contributed by atoms with Gasteiger partial charge in [0.15, 0.2) is 0 Å². The summed E-state index contributed by atoms with van der Waals surface area (Å²) in [5, 5.41) is 9.14. The van der Waals surface area contributed by atoms with Crippen LogP contribution in [0.5, 0.6) is 0 Å². The van der Waals surface area contributed by atoms with Gasteiger partial charge in [-0.3, -0.25) is 9.78 Å². The Morgan fingerprint density at radius 1 is 0.920 bits per heavy atom. The summed E-state index contributed by atoms with van der Waals surface area (Å²) in [6.07, 6.45) is 5.16. The van der Waals surface area contributed by atoms with Crippen LogP contribution in [-0.2, 0) is 4.79 Å². The fraction of sp³-hybridized carbons (Fsp3) is 0.111. The van der Waals surface area contributed by atoms with E-state index >= 15 is 0 Å². The fourth-order valence-corrected chi connectivity index (χ4v) is 2.17. The molecule has 3 N–H and O–H groups in total. The first-order chi connectivity index (χ1) is 12.1. The number of carbonyl (C=O) groups excluding carboxylic acids is 1. The third-order valence-corrected chi connectivity index (χ3v) is 3.38. The summed E-state index contributed by atoms with van der Waals surface area (Å²) in [7, 11) is 0. The van der Waals surface area contributed by atoms with Crippen LogP contribution in [0.3, 0.4) is 0 Å². The molecule has 25 heavy (non-hydrogen) atoms. The van der Waals surface area contributed by atoms with Crippen LogP contribution in [-0.4, -0.2) is 20.9 Å². The SMILES string of the molecule is CC(=O)Nc1ccc(Nc2nc(Nc3ccncc3)ncc2C)cc1. The van der Waals surface area contributed by atoms with E-state index in [0.717, 1.165) is 22.6 Å². The van der Waals surface area contributed by atoms with Crippen molar-refractivity contribution in [3.63, 3.8) is 0 Å². The lowest BCUT2D eigenvalue weighted by Gasteiger charge is -2.11. The van der Waals surface area contributed by atoms with Gasteiger partial charge in [0.25, 0.3) is 0 Å². The normalized spacial score (nSPS) is 10.2. The molecule has 0 aliphatic heterocycles. The summed E-state index contributed by atoms with van der Waals surface area (Å²) in [6.45, 7) is 3.41. The van der Waals surface area contributed by atoms with E-state index in [-0.39, 0.29) is 5.91 Å². The summed E-state index contributed by atoms with van der Waals surface area (Å²) >= 11 is 0. The second-order valence-electron chi connectivity index (χ2n) is 5.47. The van der Waals surface area contributed by atoms with E-state index in [1.54, 1.807) is 18.6 Å². The van der Waals surface area contributed by atoms with Gasteiger partial charge in [-0.25, -0.2) is 4.98 Å². The molecule has 0 unspecified atom stereocenters. The minimum absolute atomic E-state index is 0.0980. The average molecular weight is 334 g/mol. The molecule has 0 spiro atoms. The minimum Gasteiger partial charge on any atom is -0.340 e. The van der Waals surface area contributed by atoms with Crippen LogP contribution in [0.25, 0.3) is 0 Å². The van der Waals surface area contributed by atoms with E-state index < -0.39 is 0 Å². The molecule has 0 atom stereocenters. The Kier molecular flexibility index (Phi) is 4.84. The molecule has 1 amide bonds. The molecule has 3 rings (SSSR count). The second kappa shape index (κ2) is 7.39. The Bertz CT molecular complexity index is 864. The number of aromatic nitrogens is 3. The standard InChI is InChI=1S/C18H18N6O/c1-12-11-20-18(23-16-7-9-19-10-8-16)24-17(12)22-15-5-3-14(4-6-15)21-13(2)25/h3-11H,1-2H3,(H,21,25)(H2,19,20,22,23,24). The summed E-state index contributed by atoms with van der Waals surface area (Å²) in [4.78, 5) is 23.8. The third-order valence-electron chi connectivity index (χ3n) is 3.38. The topological polar surface area (TPSA) is 91.8 Å². The van der Waals surface area contributed by atoms with Crippen molar-refractivity contribution in [1.29, 1.82) is 0 Å². The first-order valence-electron chi connectivity index (χ1n) is 7.75. The van der Waals surface area contributed by atoms with Gasteiger partial charge in [-0.1, -0.05) is 0 Å². The molecule has 0 saturated carbocycles. The summed E-state index contributed by atoms with van der Waals surface area (Å²) < 4.78 is 0. The van der Waals surface area contributed by atoms with E-state index in [4.69, 9.17) is 0 Å². The van der Waals surface area contributed by atoms with Crippen molar-refractivity contribution in [2.75, 3.05) is 16.0 Å². The van der Waals surface area contributed by atoms with Gasteiger partial charge in [0.2, 0.25) is 11.9 Å². The second-order valence-corrected chi connectivity index (χ2v) is 5.47. The van der Waals surface area contributed by atoms with Crippen molar-refractivity contribution in [2.45, 2.75) is 13.8 Å². The number of nitrogens with one attached hydrogen (secondary N) is 3. The fourth-order valence-electron chi connectivity index (χ4n) is 2.17. The predicted molar refractivity (Wildman–Crippen MR) is 98.3 cm³/mol. The molecule has 2 aromatic heterocycles. The predicted octanol–water partition coefficient (Wildman–Crippen LogP) is 3.63. The van der Waals surface area contributed by atoms with Crippen molar-refractivity contribution in [3.8, 4) is 0 Å². The number of hydrogen-bond acceptors (Lipinski definition) is 6. The number of benzene rings is 1. The summed E-state index contributed by atoms with van der Waals surface area (Å²) in [5.74, 6) is 1.10. The van der Waals surface area contributed by atoms with Crippen LogP contribution < -0.4 is 16.0 Å². The van der Waals surface area contributed by atoms with E-state index in [1.807, 2.05) is 43.3 Å². The first-order valence-corrected chi connectivity index (χ1v) is 7.75. The number of nitrogens with zero attached hydrogens (tertiary/aromatic N) is 3. The lowest BCUT2D eigenvalue weighted by Crippen LogP contribution is -2.06. The van der Waals surface area contributed by atoms with Crippen LogP contribution in [0.2, 0.25) is 0 Å². The zero-order valence-electron chi connectivity index (χ0n) is 13.9. The highest BCUT2D eigenvalue weighted by atomic mass is 16.1. The van der Waals surface area contributed by atoms with E-state index in [1.165, 1.54) is 6.92 Å². The number of carbonyl (C=O) groups is 1. The van der Waals surface area contributed by atoms with Crippen LogP contribution in [0.1, 0.15) is 12.5 Å². The quantitative estimate of drug-likeness (QED) is 0.660. The van der Waals surface area contributed by atoms with Gasteiger partial charge in [0.05, 0.1) is 0 Å². The Hall–Kier alpha value is -3.48. The number of rotatable bonds is 5. The van der Waals surface area contributed by atoms with Crippen molar-refractivity contribution < 1.29 is 4.79 Å². The highest BCUT2D eigenvalue weighted by Gasteiger charge is 2.05. The van der Waals surface area contributed by atoms with Gasteiger partial charge >= 0.3 is 0 Å². The van der Waals surface area contributed by atoms with Gasteiger partial charge in [-0.15, -0.1) is 0 Å². The monoisotopic (exact) mass is 334 g/mol. The average Bonchev–Trinajstić information content (AvgIpc) is 2.60. The molecule has 7 heteroatoms. The highest BCUT2D eigenvalue weighted by molar-refractivity contribution is 5.88. The molecule has 126 valence electrons. The largest absolute Gasteiger partial charge is 0.340 e. The van der Waals surface area contributed by atoms with Crippen LogP contribution in [0, 0.1) is 6.92 Å². The number of hydrogen-bond donors (Lipinski definition) is 3. The van der Waals surface area contributed by atoms with E-state index in [9.17, 15) is 4.79 Å². The molecule has 1 aromatic carbocycles. The van der Waals surface area contributed by atoms with Gasteiger partial charge in [-0.05, 0) is 43.3 Å². The molecular formula is C18H18N6O. The molecule has 2 heterocycles. The highest BCUT2D eigenvalue weighted by Crippen LogP contribution is 2.22. The molecule has 3 aromatic rings. The Balaban J connectivity index is 1.75. The maximum Gasteiger partial charge on any atom is 0.229 e. The lowest BCUT2D eigenvalue weighted by atomic mass is 10.2. The van der Waals surface area contributed by atoms with Crippen LogP contribution in [0.15, 0.2) is 55.0 Å². The number of aryl methyl sites for hydroxylation is 1. The van der Waals surface area contributed by atoms with Gasteiger partial charge in [0.1, 0.15) is 5.82 Å². The molecule has 0 saturated heterocycles. The zero-order chi connectivity index (χ0) is 17.6. The van der Waals surface area contributed by atoms with E-state index in [2.05, 4.69) is 30.9 Å². The molecule has 0 radical (unpaired) electrons. The zero-order valence-corrected chi connectivity index (χ0v) is 13.9. The molecule has 7 nitrogen and oxygen atoms in total. The molecular weight excluding hydrogens is 316 g/mol. The Morgan fingerprint density at radius 3 is 2.24 bits per heavy atom. The van der Waals surface area contributed by atoms with Crippen molar-refractivity contribution in [1.82, 2.24) is 15.0 Å². The molecule has 0 aliphatic carbocycles. The molecule has 0 bridgehead atoms. The Morgan fingerprint density at radius 2 is 1.56 bits per heavy atom. The summed E-state index contributed by atoms with van der Waals surface area (Å²) in [6, 6.07) is 11.1. The van der Waals surface area contributed by atoms with Crippen molar-refractivity contribution in [2.24, 2.45) is 0 Å². The van der Waals surface area contributed by atoms with Gasteiger partial charge in [-0.2, -0.15) is 4.98 Å². The number of amides is 1. The van der Waals surface area contributed by atoms with Crippen molar-refractivity contribution >= 4 is 34.7 Å². The van der Waals surface area contributed by atoms with Crippen molar-refractivity contribution in [3.05, 3.63) is 60.6 Å². The van der Waals surface area contributed by atoms with Crippen LogP contribution >= 0.6 is 0 Å². The maximum atomic E-state index is 11.1. The van der Waals surface area contributed by atoms with Gasteiger partial charge in [0, 0.05) is 48.1 Å². The number of pyridine rings is 1. The molecule has 0 aliphatic rings. The lowest BCUT2D eigenvalue weighted by molar-refractivity contribution is -0.114. The maximum absolute atomic E-state index is 11.1. The molecule has 0 fully saturated rings.